The van der Waals surface area contributed by atoms with Crippen LogP contribution in [0.25, 0.3) is 0 Å². The van der Waals surface area contributed by atoms with Gasteiger partial charge < -0.3 is 0 Å². The summed E-state index contributed by atoms with van der Waals surface area (Å²) in [5, 5.41) is 0. The Morgan fingerprint density at radius 3 is 0.842 bits per heavy atom. The molecule has 8 heteroatoms. The van der Waals surface area contributed by atoms with Gasteiger partial charge in [0.25, 0.3) is 0 Å². The molecule has 0 atom stereocenters. The second kappa shape index (κ2) is 7.04. The molecule has 2 aromatic carbocycles. The molecule has 0 saturated heterocycles. The second-order valence-corrected chi connectivity index (χ2v) is 4.99. The van der Waals surface area contributed by atoms with Crippen LogP contribution in [0.2, 0.25) is 0 Å². The summed E-state index contributed by atoms with van der Waals surface area (Å²) in [7, 11) is -10.7. The molecule has 0 saturated carbocycles. The number of rotatable bonds is 0. The van der Waals surface area contributed by atoms with Gasteiger partial charge in [-0.2, -0.15) is 18.2 Å². The quantitative estimate of drug-likeness (QED) is 0.222. The summed E-state index contributed by atoms with van der Waals surface area (Å²) in [5.41, 5.74) is 0. The molecule has 0 heterocycles. The van der Waals surface area contributed by atoms with Crippen LogP contribution < -0.4 is 0 Å². The van der Waals surface area contributed by atoms with Crippen LogP contribution >= 0.6 is 7.81 Å². The van der Waals surface area contributed by atoms with Crippen molar-refractivity contribution in [2.45, 2.75) is 0 Å². The Bertz CT molecular complexity index is 353. The van der Waals surface area contributed by atoms with E-state index in [4.69, 9.17) is 0 Å². The van der Waals surface area contributed by atoms with Gasteiger partial charge in [-0.05, 0) is 0 Å². The molecule has 0 unspecified atom stereocenters. The van der Waals surface area contributed by atoms with E-state index in [1.54, 1.807) is 0 Å². The minimum absolute atomic E-state index is 0. The van der Waals surface area contributed by atoms with Crippen molar-refractivity contribution in [2.75, 3.05) is 0 Å². The van der Waals surface area contributed by atoms with Gasteiger partial charge >= 0.3 is 50.1 Å². The van der Waals surface area contributed by atoms with E-state index in [-0.39, 0.29) is 17.1 Å². The standard InChI is InChI=1S/C6H6.C5H5.F6P.Fe/c1-2-4-6-5-3-1;1-2-4-5-3-1;1-7(2,3,4,5)6;/h1-6H;1-5H;;/q;2*-1;+2. The zero-order chi connectivity index (χ0) is 14.2. The predicted octanol–water partition coefficient (Wildman–Crippen LogP) is 6.47. The van der Waals surface area contributed by atoms with Crippen molar-refractivity contribution in [1.29, 1.82) is 0 Å². The molecule has 0 amide bonds. The van der Waals surface area contributed by atoms with Crippen LogP contribution in [0.5, 0.6) is 0 Å². The molecule has 0 aromatic heterocycles. The SMILES string of the molecule is F[P-](F)(F)(F)(F)F.[Fe+2].c1cc[cH-]c1.c1ccccc1. The van der Waals surface area contributed by atoms with E-state index in [2.05, 4.69) is 0 Å². The first-order chi connectivity index (χ1) is 7.95. The van der Waals surface area contributed by atoms with Gasteiger partial charge in [0, 0.05) is 0 Å². The molecule has 0 aliphatic rings. The molecule has 0 N–H and O–H groups in total. The first-order valence-electron chi connectivity index (χ1n) is 4.68. The topological polar surface area (TPSA) is 0 Å². The fraction of sp³-hybridized carbons (Fsp3) is 0. The minimum Gasteiger partial charge on any atom is -0.214 e. The number of hydrogen-bond donors (Lipinski definition) is 0. The smallest absolute Gasteiger partial charge is 0.214 e. The van der Waals surface area contributed by atoms with Crippen molar-refractivity contribution < 1.29 is 42.3 Å². The zero-order valence-corrected chi connectivity index (χ0v) is 11.4. The van der Waals surface area contributed by atoms with Gasteiger partial charge in [-0.25, -0.2) is 12.1 Å². The van der Waals surface area contributed by atoms with Crippen molar-refractivity contribution in [3.63, 3.8) is 0 Å². The summed E-state index contributed by atoms with van der Waals surface area (Å²) in [4.78, 5) is 0. The van der Waals surface area contributed by atoms with E-state index in [9.17, 15) is 25.2 Å². The average Bonchev–Trinajstić information content (AvgIpc) is 2.73. The Labute approximate surface area is 117 Å². The molecule has 0 aliphatic carbocycles. The van der Waals surface area contributed by atoms with Crippen molar-refractivity contribution in [3.05, 3.63) is 66.7 Å². The molecular formula is C11H11F6FeP. The van der Waals surface area contributed by atoms with Crippen molar-refractivity contribution in [3.8, 4) is 0 Å². The predicted molar refractivity (Wildman–Crippen MR) is 62.0 cm³/mol. The minimum atomic E-state index is -10.7. The van der Waals surface area contributed by atoms with Crippen LogP contribution in [0.4, 0.5) is 25.2 Å². The van der Waals surface area contributed by atoms with Crippen molar-refractivity contribution >= 4 is 7.81 Å². The third kappa shape index (κ3) is 38.2. The van der Waals surface area contributed by atoms with E-state index in [1.807, 2.05) is 66.7 Å². The molecule has 0 spiro atoms. The summed E-state index contributed by atoms with van der Waals surface area (Å²) in [5.74, 6) is 0. The molecule has 19 heavy (non-hydrogen) atoms. The van der Waals surface area contributed by atoms with Gasteiger partial charge in [0.15, 0.2) is 0 Å². The first kappa shape index (κ1) is 20.4. The summed E-state index contributed by atoms with van der Waals surface area (Å²) in [6.07, 6.45) is 0. The Kier molecular flexibility index (Phi) is 7.56. The molecule has 2 rings (SSSR count). The first-order valence-corrected chi connectivity index (χ1v) is 6.71. The molecule has 110 valence electrons. The molecule has 0 aliphatic heterocycles. The fourth-order valence-electron chi connectivity index (χ4n) is 0.706. The summed E-state index contributed by atoms with van der Waals surface area (Å²) >= 11 is 0. The van der Waals surface area contributed by atoms with Crippen LogP contribution in [-0.4, -0.2) is 0 Å². The van der Waals surface area contributed by atoms with Crippen molar-refractivity contribution in [1.82, 2.24) is 0 Å². The maximum Gasteiger partial charge on any atom is 2.00 e. The number of benzene rings is 1. The molecular weight excluding hydrogens is 333 g/mol. The molecule has 0 bridgehead atoms. The maximum absolute atomic E-state index is 10.7. The van der Waals surface area contributed by atoms with Crippen LogP contribution in [0, 0.1) is 0 Å². The van der Waals surface area contributed by atoms with Gasteiger partial charge in [-0.1, -0.05) is 36.4 Å². The van der Waals surface area contributed by atoms with Crippen molar-refractivity contribution in [2.24, 2.45) is 0 Å². The van der Waals surface area contributed by atoms with Crippen LogP contribution in [0.15, 0.2) is 66.7 Å². The van der Waals surface area contributed by atoms with Gasteiger partial charge in [0.1, 0.15) is 0 Å². The molecule has 0 fully saturated rings. The molecule has 0 radical (unpaired) electrons. The van der Waals surface area contributed by atoms with Crippen LogP contribution in [-0.2, 0) is 17.1 Å². The van der Waals surface area contributed by atoms with E-state index in [0.717, 1.165) is 0 Å². The fourth-order valence-corrected chi connectivity index (χ4v) is 0.706. The molecule has 2 aromatic rings. The Morgan fingerprint density at radius 1 is 0.526 bits per heavy atom. The Morgan fingerprint density at radius 2 is 0.737 bits per heavy atom. The summed E-state index contributed by atoms with van der Waals surface area (Å²) < 4.78 is 59.2. The molecule has 0 nitrogen and oxygen atoms in total. The monoisotopic (exact) mass is 344 g/mol. The Balaban J connectivity index is 0. The number of hydrogen-bond acceptors (Lipinski definition) is 0. The van der Waals surface area contributed by atoms with E-state index < -0.39 is 7.81 Å². The second-order valence-electron chi connectivity index (χ2n) is 3.08. The number of halogens is 6. The van der Waals surface area contributed by atoms with E-state index in [1.165, 1.54) is 0 Å². The average molecular weight is 344 g/mol. The van der Waals surface area contributed by atoms with Gasteiger partial charge in [0.05, 0.1) is 0 Å². The van der Waals surface area contributed by atoms with Gasteiger partial charge in [-0.15, -0.1) is 0 Å². The maximum atomic E-state index is 9.87. The van der Waals surface area contributed by atoms with E-state index in [0.29, 0.717) is 0 Å². The summed E-state index contributed by atoms with van der Waals surface area (Å²) in [6.45, 7) is 0. The van der Waals surface area contributed by atoms with Crippen LogP contribution in [0.3, 0.4) is 0 Å². The van der Waals surface area contributed by atoms with Crippen LogP contribution in [0.1, 0.15) is 0 Å². The summed E-state index contributed by atoms with van der Waals surface area (Å²) in [6, 6.07) is 22.0. The normalized spacial score (nSPS) is 13.2. The largest absolute Gasteiger partial charge is 2.00 e. The van der Waals surface area contributed by atoms with E-state index >= 15 is 0 Å². The van der Waals surface area contributed by atoms with Gasteiger partial charge in [0.2, 0.25) is 0 Å². The third-order valence-corrected chi connectivity index (χ3v) is 1.22. The third-order valence-electron chi connectivity index (χ3n) is 1.22. The Hall–Kier alpha value is -0.901. The zero-order valence-electron chi connectivity index (χ0n) is 9.42. The van der Waals surface area contributed by atoms with Gasteiger partial charge in [-0.3, -0.25) is 0 Å².